The molecule has 1 aromatic rings. The first kappa shape index (κ1) is 20.1. The number of hydrogen-bond acceptors (Lipinski definition) is 4. The van der Waals surface area contributed by atoms with E-state index in [0.717, 1.165) is 44.1 Å². The molecule has 4 heteroatoms. The number of nitrogens with zero attached hydrogens (tertiary/aromatic N) is 1. The van der Waals surface area contributed by atoms with Gasteiger partial charge in [-0.05, 0) is 31.7 Å². The van der Waals surface area contributed by atoms with Crippen LogP contribution >= 0.6 is 0 Å². The lowest BCUT2D eigenvalue weighted by Gasteiger charge is -2.03. The number of Topliss-reactive ketones (excluding diaryl/α,β-unsaturated/α-hetero) is 1. The van der Waals surface area contributed by atoms with Gasteiger partial charge in [-0.25, -0.2) is 0 Å². The molecule has 24 heavy (non-hydrogen) atoms. The van der Waals surface area contributed by atoms with Crippen molar-refractivity contribution in [2.45, 2.75) is 71.3 Å². The molecular formula is C20H29NO3. The molecule has 0 N–H and O–H groups in total. The quantitative estimate of drug-likeness (QED) is 0.296. The minimum atomic E-state index is -0.182. The Kier molecular flexibility index (Phi) is 11.3. The zero-order chi connectivity index (χ0) is 17.5. The van der Waals surface area contributed by atoms with Gasteiger partial charge in [0, 0.05) is 37.2 Å². The van der Waals surface area contributed by atoms with Crippen molar-refractivity contribution in [2.75, 3.05) is 0 Å². The molecule has 0 spiro atoms. The molecule has 0 aliphatic carbocycles. The van der Waals surface area contributed by atoms with Crippen LogP contribution in [0.2, 0.25) is 0 Å². The number of carbonyl (C=O) groups excluding carboxylic acids is 2. The minimum absolute atomic E-state index is 0.182. The van der Waals surface area contributed by atoms with E-state index in [0.29, 0.717) is 25.0 Å². The zero-order valence-corrected chi connectivity index (χ0v) is 14.7. The van der Waals surface area contributed by atoms with E-state index < -0.39 is 0 Å². The number of hydrogen-bond donors (Lipinski definition) is 0. The highest BCUT2D eigenvalue weighted by atomic mass is 16.5. The summed E-state index contributed by atoms with van der Waals surface area (Å²) >= 11 is 0. The van der Waals surface area contributed by atoms with Crippen LogP contribution in [0, 0.1) is 0 Å². The maximum absolute atomic E-state index is 11.6. The highest BCUT2D eigenvalue weighted by Gasteiger charge is 2.03. The molecule has 0 unspecified atom stereocenters. The van der Waals surface area contributed by atoms with E-state index in [2.05, 4.69) is 11.9 Å². The Labute approximate surface area is 145 Å². The number of allylic oxidation sites excluding steroid dienone is 2. The molecule has 0 aromatic carbocycles. The van der Waals surface area contributed by atoms with Crippen LogP contribution in [0.25, 0.3) is 0 Å². The van der Waals surface area contributed by atoms with Gasteiger partial charge in [-0.3, -0.25) is 14.6 Å². The summed E-state index contributed by atoms with van der Waals surface area (Å²) in [4.78, 5) is 27.2. The third kappa shape index (κ3) is 10.7. The first-order valence-corrected chi connectivity index (χ1v) is 8.93. The second-order valence-electron chi connectivity index (χ2n) is 5.92. The van der Waals surface area contributed by atoms with Crippen LogP contribution in [0.5, 0.6) is 0 Å². The van der Waals surface area contributed by atoms with Gasteiger partial charge in [0.15, 0.2) is 0 Å². The summed E-state index contributed by atoms with van der Waals surface area (Å²) in [6.07, 6.45) is 15.0. The summed E-state index contributed by atoms with van der Waals surface area (Å²) in [5.74, 6) is 0.172. The van der Waals surface area contributed by atoms with Gasteiger partial charge >= 0.3 is 5.97 Å². The number of unbranched alkanes of at least 4 members (excludes halogenated alkanes) is 3. The molecule has 0 bridgehead atoms. The van der Waals surface area contributed by atoms with Crippen LogP contribution in [0.4, 0.5) is 0 Å². The van der Waals surface area contributed by atoms with Crippen molar-refractivity contribution in [3.8, 4) is 0 Å². The highest BCUT2D eigenvalue weighted by molar-refractivity contribution is 5.78. The van der Waals surface area contributed by atoms with Gasteiger partial charge in [0.2, 0.25) is 0 Å². The molecule has 0 atom stereocenters. The zero-order valence-electron chi connectivity index (χ0n) is 14.7. The molecule has 0 saturated carbocycles. The third-order valence-corrected chi connectivity index (χ3v) is 3.69. The topological polar surface area (TPSA) is 56.3 Å². The predicted molar refractivity (Wildman–Crippen MR) is 95.4 cm³/mol. The van der Waals surface area contributed by atoms with Crippen LogP contribution in [0.1, 0.15) is 70.3 Å². The van der Waals surface area contributed by atoms with E-state index in [1.807, 2.05) is 24.3 Å². The molecular weight excluding hydrogens is 302 g/mol. The van der Waals surface area contributed by atoms with Crippen LogP contribution in [-0.4, -0.2) is 16.7 Å². The van der Waals surface area contributed by atoms with Crippen LogP contribution < -0.4 is 0 Å². The molecule has 0 saturated heterocycles. The highest BCUT2D eigenvalue weighted by Crippen LogP contribution is 2.06. The molecule has 0 aliphatic heterocycles. The summed E-state index contributed by atoms with van der Waals surface area (Å²) < 4.78 is 5.19. The molecule has 1 aromatic heterocycles. The summed E-state index contributed by atoms with van der Waals surface area (Å²) in [5, 5.41) is 0. The van der Waals surface area contributed by atoms with Gasteiger partial charge in [-0.2, -0.15) is 0 Å². The number of carbonyl (C=O) groups is 2. The van der Waals surface area contributed by atoms with E-state index in [9.17, 15) is 9.59 Å². The number of ketones is 1. The van der Waals surface area contributed by atoms with Crippen LogP contribution in [0.3, 0.4) is 0 Å². The second kappa shape index (κ2) is 13.5. The van der Waals surface area contributed by atoms with Gasteiger partial charge in [0.1, 0.15) is 12.4 Å². The maximum Gasteiger partial charge on any atom is 0.306 e. The lowest BCUT2D eigenvalue weighted by molar-refractivity contribution is -0.145. The van der Waals surface area contributed by atoms with Crippen molar-refractivity contribution in [1.29, 1.82) is 0 Å². The first-order valence-electron chi connectivity index (χ1n) is 8.93. The van der Waals surface area contributed by atoms with Gasteiger partial charge in [-0.1, -0.05) is 38.0 Å². The average molecular weight is 331 g/mol. The molecule has 132 valence electrons. The van der Waals surface area contributed by atoms with Crippen molar-refractivity contribution in [3.63, 3.8) is 0 Å². The standard InChI is InChI=1S/C20H29NO3/c1-2-3-7-12-19(22)13-8-5-4-6-9-14-20(23)24-17-18-11-10-15-21-16-18/h4-5,10-11,15-16H,2-3,6-9,12-14,17H2,1H3/b5-4-. The Morgan fingerprint density at radius 1 is 1.08 bits per heavy atom. The normalized spacial score (nSPS) is 10.9. The second-order valence-corrected chi connectivity index (χ2v) is 5.92. The predicted octanol–water partition coefficient (Wildman–Crippen LogP) is 4.78. The Morgan fingerprint density at radius 2 is 1.92 bits per heavy atom. The third-order valence-electron chi connectivity index (χ3n) is 3.69. The Hall–Kier alpha value is -1.97. The van der Waals surface area contributed by atoms with E-state index in [1.165, 1.54) is 0 Å². The fraction of sp³-hybridized carbons (Fsp3) is 0.550. The van der Waals surface area contributed by atoms with Crippen molar-refractivity contribution in [3.05, 3.63) is 42.2 Å². The largest absolute Gasteiger partial charge is 0.461 e. The molecule has 0 aliphatic rings. The Bertz CT molecular complexity index is 497. The summed E-state index contributed by atoms with van der Waals surface area (Å²) in [5.41, 5.74) is 0.898. The van der Waals surface area contributed by atoms with Crippen molar-refractivity contribution in [1.82, 2.24) is 4.98 Å². The Morgan fingerprint density at radius 3 is 2.67 bits per heavy atom. The van der Waals surface area contributed by atoms with Gasteiger partial charge in [0.05, 0.1) is 0 Å². The summed E-state index contributed by atoms with van der Waals surface area (Å²) in [6, 6.07) is 3.70. The summed E-state index contributed by atoms with van der Waals surface area (Å²) in [7, 11) is 0. The number of pyridine rings is 1. The van der Waals surface area contributed by atoms with E-state index in [4.69, 9.17) is 4.74 Å². The smallest absolute Gasteiger partial charge is 0.306 e. The number of esters is 1. The van der Waals surface area contributed by atoms with Gasteiger partial charge in [0.25, 0.3) is 0 Å². The number of aromatic nitrogens is 1. The SMILES string of the molecule is CCCCCC(=O)CC/C=C\CCCC(=O)OCc1cccnc1. The Balaban J connectivity index is 1.98. The fourth-order valence-corrected chi connectivity index (χ4v) is 2.26. The summed E-state index contributed by atoms with van der Waals surface area (Å²) in [6.45, 7) is 2.42. The van der Waals surface area contributed by atoms with Gasteiger partial charge in [-0.15, -0.1) is 0 Å². The maximum atomic E-state index is 11.6. The molecule has 0 radical (unpaired) electrons. The first-order chi connectivity index (χ1) is 11.7. The lowest BCUT2D eigenvalue weighted by atomic mass is 10.1. The van der Waals surface area contributed by atoms with E-state index in [1.54, 1.807) is 12.4 Å². The average Bonchev–Trinajstić information content (AvgIpc) is 2.60. The lowest BCUT2D eigenvalue weighted by Crippen LogP contribution is -2.04. The molecule has 1 rings (SSSR count). The van der Waals surface area contributed by atoms with Crippen molar-refractivity contribution in [2.24, 2.45) is 0 Å². The van der Waals surface area contributed by atoms with Crippen molar-refractivity contribution >= 4 is 11.8 Å². The molecule has 1 heterocycles. The number of rotatable bonds is 13. The number of ether oxygens (including phenoxy) is 1. The molecule has 4 nitrogen and oxygen atoms in total. The van der Waals surface area contributed by atoms with Crippen LogP contribution in [0.15, 0.2) is 36.7 Å². The van der Waals surface area contributed by atoms with Crippen LogP contribution in [-0.2, 0) is 20.9 Å². The fourth-order valence-electron chi connectivity index (χ4n) is 2.26. The van der Waals surface area contributed by atoms with Crippen molar-refractivity contribution < 1.29 is 14.3 Å². The van der Waals surface area contributed by atoms with E-state index in [-0.39, 0.29) is 12.6 Å². The molecule has 0 fully saturated rings. The molecule has 0 amide bonds. The van der Waals surface area contributed by atoms with E-state index >= 15 is 0 Å². The van der Waals surface area contributed by atoms with Gasteiger partial charge < -0.3 is 4.74 Å². The monoisotopic (exact) mass is 331 g/mol. The minimum Gasteiger partial charge on any atom is -0.461 e.